The molecule has 0 bridgehead atoms. The first kappa shape index (κ1) is 17.1. The number of unbranched alkanes of at least 4 members (excludes halogenated alkanes) is 5. The Kier molecular flexibility index (Phi) is 10.7. The second-order valence-electron chi connectivity index (χ2n) is 4.64. The average Bonchev–Trinajstić information content (AvgIpc) is 2.33. The van der Waals surface area contributed by atoms with Crippen LogP contribution in [0.25, 0.3) is 0 Å². The van der Waals surface area contributed by atoms with Gasteiger partial charge < -0.3 is 4.74 Å². The molecule has 0 N–H and O–H groups in total. The number of ether oxygens (including phenoxy) is 1. The van der Waals surface area contributed by atoms with Gasteiger partial charge in [0.15, 0.2) is 0 Å². The fourth-order valence-corrected chi connectivity index (χ4v) is 1.79. The van der Waals surface area contributed by atoms with Crippen LogP contribution in [0.2, 0.25) is 0 Å². The Morgan fingerprint density at radius 2 is 1.78 bits per heavy atom. The summed E-state index contributed by atoms with van der Waals surface area (Å²) in [6.07, 6.45) is 7.73. The van der Waals surface area contributed by atoms with E-state index in [1.807, 2.05) is 0 Å². The molecule has 1 atom stereocenters. The molecule has 0 radical (unpaired) electrons. The summed E-state index contributed by atoms with van der Waals surface area (Å²) in [5.41, 5.74) is 0.371. The molecule has 0 rings (SSSR count). The van der Waals surface area contributed by atoms with Crippen LogP contribution in [0.15, 0.2) is 11.6 Å². The molecule has 0 saturated carbocycles. The average molecular weight is 258 g/mol. The highest BCUT2D eigenvalue weighted by atomic mass is 19.1. The van der Waals surface area contributed by atoms with Crippen LogP contribution < -0.4 is 0 Å². The molecular formula is C15H27FO2. The van der Waals surface area contributed by atoms with Crippen LogP contribution in [0.5, 0.6) is 0 Å². The third-order valence-corrected chi connectivity index (χ3v) is 2.86. The van der Waals surface area contributed by atoms with Crippen LogP contribution in [0.4, 0.5) is 4.39 Å². The van der Waals surface area contributed by atoms with E-state index >= 15 is 0 Å². The van der Waals surface area contributed by atoms with Crippen molar-refractivity contribution in [3.63, 3.8) is 0 Å². The molecule has 0 aliphatic heterocycles. The highest BCUT2D eigenvalue weighted by Crippen LogP contribution is 2.12. The minimum atomic E-state index is -1.03. The minimum absolute atomic E-state index is 0.332. The zero-order valence-electron chi connectivity index (χ0n) is 12.0. The molecule has 106 valence electrons. The molecule has 0 aliphatic rings. The van der Waals surface area contributed by atoms with E-state index < -0.39 is 12.1 Å². The minimum Gasteiger partial charge on any atom is -0.463 e. The third kappa shape index (κ3) is 9.20. The van der Waals surface area contributed by atoms with Crippen LogP contribution in [-0.4, -0.2) is 18.7 Å². The zero-order valence-corrected chi connectivity index (χ0v) is 12.0. The van der Waals surface area contributed by atoms with Crippen LogP contribution in [0.3, 0.4) is 0 Å². The third-order valence-electron chi connectivity index (χ3n) is 2.86. The first-order valence-corrected chi connectivity index (χ1v) is 7.11. The second kappa shape index (κ2) is 11.2. The summed E-state index contributed by atoms with van der Waals surface area (Å²) in [5, 5.41) is 0. The van der Waals surface area contributed by atoms with Crippen molar-refractivity contribution in [3.8, 4) is 0 Å². The summed E-state index contributed by atoms with van der Waals surface area (Å²) in [5.74, 6) is -0.414. The molecule has 18 heavy (non-hydrogen) atoms. The van der Waals surface area contributed by atoms with Crippen molar-refractivity contribution in [2.45, 2.75) is 71.9 Å². The molecule has 0 heterocycles. The Morgan fingerprint density at radius 3 is 2.39 bits per heavy atom. The van der Waals surface area contributed by atoms with Gasteiger partial charge in [0.05, 0.1) is 6.61 Å². The van der Waals surface area contributed by atoms with Crippen molar-refractivity contribution in [2.75, 3.05) is 6.61 Å². The maximum absolute atomic E-state index is 13.5. The quantitative estimate of drug-likeness (QED) is 0.325. The molecule has 0 aliphatic carbocycles. The van der Waals surface area contributed by atoms with Crippen molar-refractivity contribution in [1.82, 2.24) is 0 Å². The molecule has 0 fully saturated rings. The van der Waals surface area contributed by atoms with Crippen molar-refractivity contribution < 1.29 is 13.9 Å². The number of hydrogen-bond acceptors (Lipinski definition) is 2. The molecule has 0 spiro atoms. The van der Waals surface area contributed by atoms with Crippen molar-refractivity contribution in [1.29, 1.82) is 0 Å². The number of esters is 1. The van der Waals surface area contributed by atoms with Gasteiger partial charge in [0, 0.05) is 5.57 Å². The fraction of sp³-hybridized carbons (Fsp3) is 0.800. The number of hydrogen-bond donors (Lipinski definition) is 0. The van der Waals surface area contributed by atoms with E-state index in [4.69, 9.17) is 4.74 Å². The highest BCUT2D eigenvalue weighted by Gasteiger charge is 2.09. The van der Waals surface area contributed by atoms with E-state index in [0.29, 0.717) is 18.6 Å². The van der Waals surface area contributed by atoms with E-state index in [-0.39, 0.29) is 0 Å². The first-order chi connectivity index (χ1) is 8.61. The lowest BCUT2D eigenvalue weighted by Gasteiger charge is -2.06. The normalized spacial score (nSPS) is 13.4. The first-order valence-electron chi connectivity index (χ1n) is 7.11. The zero-order chi connectivity index (χ0) is 13.8. The lowest BCUT2D eigenvalue weighted by molar-refractivity contribution is -0.138. The van der Waals surface area contributed by atoms with Gasteiger partial charge in [-0.25, -0.2) is 9.18 Å². The van der Waals surface area contributed by atoms with E-state index in [9.17, 15) is 9.18 Å². The predicted octanol–water partition coefficient (Wildman–Crippen LogP) is 4.58. The topological polar surface area (TPSA) is 26.3 Å². The molecule has 0 aromatic carbocycles. The molecule has 0 aromatic heterocycles. The van der Waals surface area contributed by atoms with E-state index in [1.165, 1.54) is 31.8 Å². The van der Waals surface area contributed by atoms with Crippen LogP contribution >= 0.6 is 0 Å². The molecule has 0 saturated heterocycles. The summed E-state index contributed by atoms with van der Waals surface area (Å²) in [6, 6.07) is 0. The van der Waals surface area contributed by atoms with Gasteiger partial charge in [-0.2, -0.15) is 0 Å². The number of alkyl halides is 1. The SMILES string of the molecule is CCCCCCCCC(F)/C=C(\C)C(=O)OCC. The lowest BCUT2D eigenvalue weighted by atomic mass is 10.1. The summed E-state index contributed by atoms with van der Waals surface area (Å²) in [6.45, 7) is 5.86. The van der Waals surface area contributed by atoms with Crippen molar-refractivity contribution in [3.05, 3.63) is 11.6 Å². The van der Waals surface area contributed by atoms with Gasteiger partial charge in [0.25, 0.3) is 0 Å². The number of carbonyl (C=O) groups excluding carboxylic acids is 1. The van der Waals surface area contributed by atoms with Gasteiger partial charge in [-0.3, -0.25) is 0 Å². The van der Waals surface area contributed by atoms with Gasteiger partial charge in [-0.15, -0.1) is 0 Å². The van der Waals surface area contributed by atoms with E-state index in [1.54, 1.807) is 13.8 Å². The predicted molar refractivity (Wildman–Crippen MR) is 73.3 cm³/mol. The Bertz CT molecular complexity index is 249. The molecule has 0 aromatic rings. The summed E-state index contributed by atoms with van der Waals surface area (Å²) < 4.78 is 18.3. The maximum atomic E-state index is 13.5. The Morgan fingerprint density at radius 1 is 1.17 bits per heavy atom. The van der Waals surface area contributed by atoms with Gasteiger partial charge in [0.2, 0.25) is 0 Å². The van der Waals surface area contributed by atoms with Gasteiger partial charge in [-0.1, -0.05) is 45.4 Å². The van der Waals surface area contributed by atoms with Gasteiger partial charge in [0.1, 0.15) is 6.17 Å². The molecule has 1 unspecified atom stereocenters. The maximum Gasteiger partial charge on any atom is 0.333 e. The number of allylic oxidation sites excluding steroid dienone is 1. The van der Waals surface area contributed by atoms with Crippen LogP contribution in [0, 0.1) is 0 Å². The Hall–Kier alpha value is -0.860. The monoisotopic (exact) mass is 258 g/mol. The highest BCUT2D eigenvalue weighted by molar-refractivity contribution is 5.87. The van der Waals surface area contributed by atoms with Crippen molar-refractivity contribution >= 4 is 5.97 Å². The summed E-state index contributed by atoms with van der Waals surface area (Å²) in [7, 11) is 0. The Balaban J connectivity index is 3.72. The number of rotatable bonds is 10. The molecule has 2 nitrogen and oxygen atoms in total. The molecular weight excluding hydrogens is 231 g/mol. The largest absolute Gasteiger partial charge is 0.463 e. The number of halogens is 1. The van der Waals surface area contributed by atoms with E-state index in [2.05, 4.69) is 6.92 Å². The van der Waals surface area contributed by atoms with Crippen LogP contribution in [-0.2, 0) is 9.53 Å². The summed E-state index contributed by atoms with van der Waals surface area (Å²) >= 11 is 0. The van der Waals surface area contributed by atoms with Gasteiger partial charge >= 0.3 is 5.97 Å². The standard InChI is InChI=1S/C15H27FO2/c1-4-6-7-8-9-10-11-14(16)12-13(3)15(17)18-5-2/h12,14H,4-11H2,1-3H3/b13-12+. The summed E-state index contributed by atoms with van der Waals surface area (Å²) in [4.78, 5) is 11.3. The second-order valence-corrected chi connectivity index (χ2v) is 4.64. The van der Waals surface area contributed by atoms with E-state index in [0.717, 1.165) is 12.8 Å². The van der Waals surface area contributed by atoms with Gasteiger partial charge in [-0.05, 0) is 26.3 Å². The van der Waals surface area contributed by atoms with Crippen LogP contribution in [0.1, 0.15) is 65.7 Å². The lowest BCUT2D eigenvalue weighted by Crippen LogP contribution is -2.07. The molecule has 3 heteroatoms. The smallest absolute Gasteiger partial charge is 0.333 e. The molecule has 0 amide bonds. The fourth-order valence-electron chi connectivity index (χ4n) is 1.79. The number of carbonyl (C=O) groups is 1. The Labute approximate surface area is 111 Å². The van der Waals surface area contributed by atoms with Crippen molar-refractivity contribution in [2.24, 2.45) is 0 Å².